The van der Waals surface area contributed by atoms with Crippen LogP contribution in [0.3, 0.4) is 0 Å². The molecule has 0 aliphatic heterocycles. The lowest BCUT2D eigenvalue weighted by Crippen LogP contribution is -2.26. The van der Waals surface area contributed by atoms with Gasteiger partial charge < -0.3 is 10.2 Å². The highest BCUT2D eigenvalue weighted by molar-refractivity contribution is 6.10. The van der Waals surface area contributed by atoms with Gasteiger partial charge in [0, 0.05) is 17.6 Å². The summed E-state index contributed by atoms with van der Waals surface area (Å²) in [6.07, 6.45) is 9.78. The minimum atomic E-state index is -1.82. The van der Waals surface area contributed by atoms with Gasteiger partial charge in [0.15, 0.2) is 11.6 Å². The molecule has 0 heterocycles. The van der Waals surface area contributed by atoms with Crippen molar-refractivity contribution in [2.75, 3.05) is 0 Å². The number of rotatable bonds is 5. The van der Waals surface area contributed by atoms with E-state index in [1.54, 1.807) is 24.3 Å². The Morgan fingerprint density at radius 1 is 1.09 bits per heavy atom. The van der Waals surface area contributed by atoms with Crippen LogP contribution >= 0.6 is 0 Å². The van der Waals surface area contributed by atoms with Crippen LogP contribution in [0.2, 0.25) is 0 Å². The van der Waals surface area contributed by atoms with Crippen molar-refractivity contribution in [3.8, 4) is 0 Å². The fourth-order valence-corrected chi connectivity index (χ4v) is 2.04. The average Bonchev–Trinajstić information content (AvgIpc) is 2.54. The van der Waals surface area contributed by atoms with E-state index in [-0.39, 0.29) is 12.2 Å². The minimum Gasteiger partial charge on any atom is -0.362 e. The fourth-order valence-electron chi connectivity index (χ4n) is 2.04. The highest BCUT2D eigenvalue weighted by Gasteiger charge is 2.23. The monoisotopic (exact) mass is 302 g/mol. The molecular formula is C19H26O3. The molecule has 0 unspecified atom stereocenters. The molecule has 1 aromatic carbocycles. The normalized spacial score (nSPS) is 15.5. The summed E-state index contributed by atoms with van der Waals surface area (Å²) in [4.78, 5) is 11.9. The van der Waals surface area contributed by atoms with Gasteiger partial charge in [-0.2, -0.15) is 0 Å². The van der Waals surface area contributed by atoms with Crippen molar-refractivity contribution in [1.29, 1.82) is 0 Å². The Hall–Kier alpha value is -1.71. The second-order valence-electron chi connectivity index (χ2n) is 5.48. The largest absolute Gasteiger partial charge is 0.362 e. The van der Waals surface area contributed by atoms with Gasteiger partial charge in [-0.15, -0.1) is 0 Å². The van der Waals surface area contributed by atoms with E-state index in [1.807, 2.05) is 6.07 Å². The van der Waals surface area contributed by atoms with Crippen LogP contribution in [-0.2, 0) is 0 Å². The summed E-state index contributed by atoms with van der Waals surface area (Å²) in [7, 11) is 0. The molecule has 0 atom stereocenters. The van der Waals surface area contributed by atoms with Crippen molar-refractivity contribution in [2.24, 2.45) is 0 Å². The SMILES string of the molecule is CCCCCC.O=C(C1=CCC(O)(O)C=C1)c1ccccc1. The summed E-state index contributed by atoms with van der Waals surface area (Å²) in [5.41, 5.74) is 1.09. The van der Waals surface area contributed by atoms with Crippen molar-refractivity contribution in [3.63, 3.8) is 0 Å². The van der Waals surface area contributed by atoms with Crippen LogP contribution in [0.5, 0.6) is 0 Å². The zero-order valence-corrected chi connectivity index (χ0v) is 13.5. The number of aliphatic hydroxyl groups is 2. The van der Waals surface area contributed by atoms with Crippen LogP contribution < -0.4 is 0 Å². The Kier molecular flexibility index (Phi) is 7.78. The number of hydrogen-bond acceptors (Lipinski definition) is 3. The Morgan fingerprint density at radius 2 is 1.68 bits per heavy atom. The first-order valence-corrected chi connectivity index (χ1v) is 7.94. The van der Waals surface area contributed by atoms with E-state index < -0.39 is 5.79 Å². The molecule has 22 heavy (non-hydrogen) atoms. The molecular weight excluding hydrogens is 276 g/mol. The fraction of sp³-hybridized carbons (Fsp3) is 0.421. The molecule has 2 N–H and O–H groups in total. The van der Waals surface area contributed by atoms with Crippen molar-refractivity contribution < 1.29 is 15.0 Å². The summed E-state index contributed by atoms with van der Waals surface area (Å²) >= 11 is 0. The molecule has 0 spiro atoms. The second-order valence-corrected chi connectivity index (χ2v) is 5.48. The van der Waals surface area contributed by atoms with Gasteiger partial charge in [0.1, 0.15) is 0 Å². The maximum Gasteiger partial charge on any atom is 0.192 e. The van der Waals surface area contributed by atoms with Gasteiger partial charge in [-0.05, 0) is 6.08 Å². The highest BCUT2D eigenvalue weighted by Crippen LogP contribution is 2.20. The highest BCUT2D eigenvalue weighted by atomic mass is 16.5. The van der Waals surface area contributed by atoms with E-state index in [0.717, 1.165) is 0 Å². The van der Waals surface area contributed by atoms with Crippen LogP contribution in [0.25, 0.3) is 0 Å². The third-order valence-corrected chi connectivity index (χ3v) is 3.41. The van der Waals surface area contributed by atoms with E-state index in [4.69, 9.17) is 0 Å². The van der Waals surface area contributed by atoms with Crippen LogP contribution in [-0.4, -0.2) is 21.8 Å². The summed E-state index contributed by atoms with van der Waals surface area (Å²) in [5, 5.41) is 18.5. The molecule has 1 aromatic rings. The van der Waals surface area contributed by atoms with Crippen LogP contribution in [0, 0.1) is 0 Å². The third-order valence-electron chi connectivity index (χ3n) is 3.41. The van der Waals surface area contributed by atoms with E-state index in [0.29, 0.717) is 11.1 Å². The summed E-state index contributed by atoms with van der Waals surface area (Å²) < 4.78 is 0. The predicted octanol–water partition coefficient (Wildman–Crippen LogP) is 4.02. The predicted molar refractivity (Wildman–Crippen MR) is 89.6 cm³/mol. The average molecular weight is 302 g/mol. The topological polar surface area (TPSA) is 57.5 Å². The van der Waals surface area contributed by atoms with E-state index in [1.165, 1.54) is 43.9 Å². The lowest BCUT2D eigenvalue weighted by Gasteiger charge is -2.19. The molecule has 0 aromatic heterocycles. The van der Waals surface area contributed by atoms with Crippen molar-refractivity contribution in [3.05, 3.63) is 59.7 Å². The van der Waals surface area contributed by atoms with Crippen LogP contribution in [0.15, 0.2) is 54.1 Å². The molecule has 0 saturated heterocycles. The number of carbonyl (C=O) groups is 1. The Labute approximate surface area is 133 Å². The molecule has 1 aliphatic carbocycles. The molecule has 3 nitrogen and oxygen atoms in total. The van der Waals surface area contributed by atoms with Gasteiger partial charge in [0.25, 0.3) is 0 Å². The van der Waals surface area contributed by atoms with Gasteiger partial charge >= 0.3 is 0 Å². The minimum absolute atomic E-state index is 0.0391. The van der Waals surface area contributed by atoms with Gasteiger partial charge in [-0.3, -0.25) is 4.79 Å². The van der Waals surface area contributed by atoms with Gasteiger partial charge in [-0.1, -0.05) is 82.0 Å². The first-order chi connectivity index (χ1) is 10.5. The van der Waals surface area contributed by atoms with E-state index >= 15 is 0 Å². The number of unbranched alkanes of at least 4 members (excludes halogenated alkanes) is 3. The quantitative estimate of drug-likeness (QED) is 0.490. The molecule has 0 radical (unpaired) electrons. The van der Waals surface area contributed by atoms with E-state index in [2.05, 4.69) is 13.8 Å². The zero-order chi connectivity index (χ0) is 16.4. The van der Waals surface area contributed by atoms with Crippen molar-refractivity contribution in [2.45, 2.75) is 51.7 Å². The molecule has 0 fully saturated rings. The second kappa shape index (κ2) is 9.34. The number of ketones is 1. The lowest BCUT2D eigenvalue weighted by atomic mass is 9.96. The number of hydrogen-bond donors (Lipinski definition) is 2. The van der Waals surface area contributed by atoms with Gasteiger partial charge in [0.05, 0.1) is 0 Å². The number of carbonyl (C=O) groups excluding carboxylic acids is 1. The number of benzene rings is 1. The Bertz CT molecular complexity index is 509. The summed E-state index contributed by atoms with van der Waals surface area (Å²) in [6.45, 7) is 4.46. The molecule has 1 aliphatic rings. The number of Topliss-reactive ketones (excluding diaryl/α,β-unsaturated/α-hetero) is 1. The van der Waals surface area contributed by atoms with Crippen LogP contribution in [0.4, 0.5) is 0 Å². The maximum absolute atomic E-state index is 11.9. The van der Waals surface area contributed by atoms with Crippen molar-refractivity contribution >= 4 is 5.78 Å². The lowest BCUT2D eigenvalue weighted by molar-refractivity contribution is -0.115. The third kappa shape index (κ3) is 6.37. The summed E-state index contributed by atoms with van der Waals surface area (Å²) in [6, 6.07) is 8.90. The van der Waals surface area contributed by atoms with Gasteiger partial charge in [0.2, 0.25) is 0 Å². The maximum atomic E-state index is 11.9. The van der Waals surface area contributed by atoms with Crippen molar-refractivity contribution in [1.82, 2.24) is 0 Å². The number of allylic oxidation sites excluding steroid dienone is 2. The molecule has 2 rings (SSSR count). The Morgan fingerprint density at radius 3 is 2.14 bits per heavy atom. The molecule has 120 valence electrons. The smallest absolute Gasteiger partial charge is 0.192 e. The first kappa shape index (κ1) is 18.3. The standard InChI is InChI=1S/C13H12O3.C6H14/c14-12(10-4-2-1-3-5-10)11-6-8-13(15,16)9-7-11;1-3-5-6-4-2/h1-8,15-16H,9H2;3-6H2,1-2H3. The zero-order valence-electron chi connectivity index (χ0n) is 13.5. The Balaban J connectivity index is 0.000000346. The molecule has 0 amide bonds. The molecule has 3 heteroatoms. The summed E-state index contributed by atoms with van der Waals surface area (Å²) in [5.74, 6) is -1.92. The van der Waals surface area contributed by atoms with Crippen LogP contribution in [0.1, 0.15) is 56.3 Å². The molecule has 0 saturated carbocycles. The van der Waals surface area contributed by atoms with Gasteiger partial charge in [-0.25, -0.2) is 0 Å². The first-order valence-electron chi connectivity index (χ1n) is 7.94. The molecule has 0 bridgehead atoms. The van der Waals surface area contributed by atoms with E-state index in [9.17, 15) is 15.0 Å².